The molecule has 1 fully saturated rings. The minimum Gasteiger partial charge on any atom is -0.387 e. The predicted molar refractivity (Wildman–Crippen MR) is 66.9 cm³/mol. The van der Waals surface area contributed by atoms with Gasteiger partial charge in [0, 0.05) is 26.4 Å². The summed E-state index contributed by atoms with van der Waals surface area (Å²) in [6.45, 7) is 0.0276. The summed E-state index contributed by atoms with van der Waals surface area (Å²) < 4.78 is 6.45. The molecule has 1 saturated heterocycles. The topological polar surface area (TPSA) is 117 Å². The molecule has 3 N–H and O–H groups in total. The molecule has 0 saturated carbocycles. The Morgan fingerprint density at radius 1 is 1.40 bits per heavy atom. The van der Waals surface area contributed by atoms with Gasteiger partial charge in [-0.1, -0.05) is 0 Å². The third kappa shape index (κ3) is 2.97. The largest absolute Gasteiger partial charge is 0.387 e. The van der Waals surface area contributed by atoms with E-state index in [1.165, 1.54) is 11.3 Å². The van der Waals surface area contributed by atoms with Crippen molar-refractivity contribution in [1.29, 1.82) is 0 Å². The fraction of sp³-hybridized carbons (Fsp3) is 0.636. The number of H-pyrrole nitrogens is 1. The number of aliphatic hydroxyl groups excluding tert-OH is 2. The zero-order chi connectivity index (χ0) is 14.9. The molecule has 1 aliphatic heterocycles. The normalized spacial score (nSPS) is 30.1. The Balaban J connectivity index is 2.17. The third-order valence-electron chi connectivity index (χ3n) is 2.96. The Bertz CT molecular complexity index is 568. The predicted octanol–water partition coefficient (Wildman–Crippen LogP) is -2.35. The van der Waals surface area contributed by atoms with Crippen molar-refractivity contribution in [3.8, 4) is 0 Å². The van der Waals surface area contributed by atoms with Crippen molar-refractivity contribution in [1.82, 2.24) is 14.6 Å². The van der Waals surface area contributed by atoms with E-state index < -0.39 is 35.8 Å². The Hall–Kier alpha value is -1.52. The first-order chi connectivity index (χ1) is 9.40. The van der Waals surface area contributed by atoms with E-state index in [-0.39, 0.29) is 6.61 Å². The van der Waals surface area contributed by atoms with Crippen molar-refractivity contribution < 1.29 is 19.8 Å². The van der Waals surface area contributed by atoms with Crippen molar-refractivity contribution in [3.05, 3.63) is 33.1 Å². The van der Waals surface area contributed by atoms with Crippen LogP contribution in [0.25, 0.3) is 0 Å². The van der Waals surface area contributed by atoms with Crippen LogP contribution in [0.2, 0.25) is 0 Å². The van der Waals surface area contributed by atoms with Gasteiger partial charge in [-0.05, 0) is 0 Å². The van der Waals surface area contributed by atoms with E-state index in [0.29, 0.717) is 0 Å². The molecule has 0 radical (unpaired) electrons. The summed E-state index contributed by atoms with van der Waals surface area (Å²) in [6, 6.07) is 1.13. The smallest absolute Gasteiger partial charge is 0.330 e. The van der Waals surface area contributed by atoms with Crippen LogP contribution in [-0.4, -0.2) is 63.8 Å². The van der Waals surface area contributed by atoms with Gasteiger partial charge in [0.15, 0.2) is 6.23 Å². The van der Waals surface area contributed by atoms with Crippen LogP contribution in [0.1, 0.15) is 6.23 Å². The van der Waals surface area contributed by atoms with Crippen LogP contribution in [0, 0.1) is 0 Å². The van der Waals surface area contributed by atoms with Gasteiger partial charge in [0.05, 0.1) is 6.61 Å². The standard InChI is InChI=1S/C11H17N3O6/c1-13(2)19-5-6-8(16)9(17)10(20-6)14-4-3-7(15)12-11(14)18/h3-4,6,8-10,16-17H,5H2,1-2H3,(H,12,15,18)/t6-,8-,9-,10-/m1/s1. The number of hydrogen-bond donors (Lipinski definition) is 3. The highest BCUT2D eigenvalue weighted by Gasteiger charge is 2.44. The van der Waals surface area contributed by atoms with Crippen molar-refractivity contribution in [2.45, 2.75) is 24.5 Å². The van der Waals surface area contributed by atoms with Crippen molar-refractivity contribution in [2.75, 3.05) is 20.7 Å². The SMILES string of the molecule is CN(C)OC[C@H]1O[C@@H](n2ccc(=O)[nH]c2=O)[C@H](O)[C@@H]1O. The first-order valence-corrected chi connectivity index (χ1v) is 6.03. The maximum atomic E-state index is 11.6. The third-order valence-corrected chi connectivity index (χ3v) is 2.96. The molecule has 9 nitrogen and oxygen atoms in total. The molecule has 0 aromatic carbocycles. The van der Waals surface area contributed by atoms with Crippen molar-refractivity contribution in [2.24, 2.45) is 0 Å². The molecule has 2 rings (SSSR count). The van der Waals surface area contributed by atoms with Crippen molar-refractivity contribution >= 4 is 0 Å². The first-order valence-electron chi connectivity index (χ1n) is 6.03. The Kier molecular flexibility index (Phi) is 4.35. The summed E-state index contributed by atoms with van der Waals surface area (Å²) in [6.07, 6.45) is -3.15. The lowest BCUT2D eigenvalue weighted by Crippen LogP contribution is -2.37. The minimum atomic E-state index is -1.30. The second-order valence-corrected chi connectivity index (χ2v) is 4.67. The van der Waals surface area contributed by atoms with E-state index in [4.69, 9.17) is 9.57 Å². The average molecular weight is 287 g/mol. The van der Waals surface area contributed by atoms with Crippen LogP contribution in [0.5, 0.6) is 0 Å². The van der Waals surface area contributed by atoms with Gasteiger partial charge in [-0.3, -0.25) is 19.2 Å². The molecule has 112 valence electrons. The average Bonchev–Trinajstić information content (AvgIpc) is 2.64. The Labute approximate surface area is 113 Å². The van der Waals surface area contributed by atoms with Gasteiger partial charge in [0.25, 0.3) is 5.56 Å². The van der Waals surface area contributed by atoms with Gasteiger partial charge < -0.3 is 14.9 Å². The number of aromatic amines is 1. The number of rotatable bonds is 4. The Morgan fingerprint density at radius 3 is 2.70 bits per heavy atom. The maximum absolute atomic E-state index is 11.6. The summed E-state index contributed by atoms with van der Waals surface area (Å²) in [5, 5.41) is 21.3. The molecule has 0 aliphatic carbocycles. The number of aromatic nitrogens is 2. The molecule has 0 bridgehead atoms. The van der Waals surface area contributed by atoms with Crippen LogP contribution in [0.3, 0.4) is 0 Å². The molecule has 2 heterocycles. The van der Waals surface area contributed by atoms with Gasteiger partial charge in [0.2, 0.25) is 0 Å². The lowest BCUT2D eigenvalue weighted by atomic mass is 10.1. The molecule has 1 aromatic heterocycles. The molecule has 20 heavy (non-hydrogen) atoms. The fourth-order valence-electron chi connectivity index (χ4n) is 1.95. The molecular formula is C11H17N3O6. The lowest BCUT2D eigenvalue weighted by Gasteiger charge is -2.17. The summed E-state index contributed by atoms with van der Waals surface area (Å²) >= 11 is 0. The first kappa shape index (κ1) is 14.9. The van der Waals surface area contributed by atoms with Crippen LogP contribution in [0.4, 0.5) is 0 Å². The molecule has 0 spiro atoms. The lowest BCUT2D eigenvalue weighted by molar-refractivity contribution is -0.165. The van der Waals surface area contributed by atoms with E-state index in [2.05, 4.69) is 4.98 Å². The highest BCUT2D eigenvalue weighted by molar-refractivity contribution is 4.93. The van der Waals surface area contributed by atoms with E-state index in [1.54, 1.807) is 14.1 Å². The number of ether oxygens (including phenoxy) is 1. The molecule has 9 heteroatoms. The zero-order valence-electron chi connectivity index (χ0n) is 11.1. The molecule has 1 aliphatic rings. The van der Waals surface area contributed by atoms with Gasteiger partial charge >= 0.3 is 5.69 Å². The number of aliphatic hydroxyl groups is 2. The number of nitrogens with one attached hydrogen (secondary N) is 1. The fourth-order valence-corrected chi connectivity index (χ4v) is 1.95. The summed E-state index contributed by atoms with van der Waals surface area (Å²) in [5.74, 6) is 0. The maximum Gasteiger partial charge on any atom is 0.330 e. The molecular weight excluding hydrogens is 270 g/mol. The Morgan fingerprint density at radius 2 is 2.10 bits per heavy atom. The van der Waals surface area contributed by atoms with Crippen LogP contribution >= 0.6 is 0 Å². The van der Waals surface area contributed by atoms with Crippen molar-refractivity contribution in [3.63, 3.8) is 0 Å². The zero-order valence-corrected chi connectivity index (χ0v) is 11.1. The van der Waals surface area contributed by atoms with Gasteiger partial charge in [0.1, 0.15) is 18.3 Å². The van der Waals surface area contributed by atoms with Gasteiger partial charge in [-0.25, -0.2) is 4.79 Å². The summed E-state index contributed by atoms with van der Waals surface area (Å²) in [4.78, 5) is 29.9. The number of nitrogens with zero attached hydrogens (tertiary/aromatic N) is 2. The summed E-state index contributed by atoms with van der Waals surface area (Å²) in [5.41, 5.74) is -1.27. The van der Waals surface area contributed by atoms with E-state index in [1.807, 2.05) is 0 Å². The molecule has 0 amide bonds. The molecule has 0 unspecified atom stereocenters. The van der Waals surface area contributed by atoms with Crippen LogP contribution in [-0.2, 0) is 9.57 Å². The number of hydroxylamine groups is 2. The molecule has 4 atom stereocenters. The van der Waals surface area contributed by atoms with Gasteiger partial charge in [-0.2, -0.15) is 5.06 Å². The monoisotopic (exact) mass is 287 g/mol. The number of hydrogen-bond acceptors (Lipinski definition) is 7. The highest BCUT2D eigenvalue weighted by Crippen LogP contribution is 2.28. The van der Waals surface area contributed by atoms with Crippen LogP contribution in [0.15, 0.2) is 21.9 Å². The second-order valence-electron chi connectivity index (χ2n) is 4.67. The van der Waals surface area contributed by atoms with E-state index in [0.717, 1.165) is 10.6 Å². The second kappa shape index (κ2) is 5.85. The van der Waals surface area contributed by atoms with Crippen LogP contribution < -0.4 is 11.2 Å². The van der Waals surface area contributed by atoms with E-state index >= 15 is 0 Å². The molecule has 1 aromatic rings. The van der Waals surface area contributed by atoms with Gasteiger partial charge in [-0.15, -0.1) is 0 Å². The summed E-state index contributed by atoms with van der Waals surface area (Å²) in [7, 11) is 3.34. The quantitative estimate of drug-likeness (QED) is 0.531. The highest BCUT2D eigenvalue weighted by atomic mass is 16.7. The minimum absolute atomic E-state index is 0.0276. The van der Waals surface area contributed by atoms with E-state index in [9.17, 15) is 19.8 Å².